The summed E-state index contributed by atoms with van der Waals surface area (Å²) in [5.41, 5.74) is 0.223. The SMILES string of the molecule is CC(C)(C)OC(=O)C[C@@H](Cc1ccc(I)cc1)[C@@H](O)CNCc1c(F)cc(-c2cnn(C(F)F)c2)cc1F. The molecule has 0 amide bonds. The summed E-state index contributed by atoms with van der Waals surface area (Å²) in [7, 11) is 0. The van der Waals surface area contributed by atoms with Crippen molar-refractivity contribution in [2.45, 2.75) is 58.4 Å². The highest BCUT2D eigenvalue weighted by molar-refractivity contribution is 14.1. The van der Waals surface area contributed by atoms with Gasteiger partial charge in [0.05, 0.1) is 18.7 Å². The number of aromatic nitrogens is 2. The summed E-state index contributed by atoms with van der Waals surface area (Å²) in [6.07, 6.45) is 1.48. The lowest BCUT2D eigenvalue weighted by molar-refractivity contribution is -0.157. The number of hydrogen-bond acceptors (Lipinski definition) is 5. The van der Waals surface area contributed by atoms with E-state index in [0.29, 0.717) is 11.1 Å². The van der Waals surface area contributed by atoms with E-state index in [1.165, 1.54) is 0 Å². The molecule has 38 heavy (non-hydrogen) atoms. The van der Waals surface area contributed by atoms with Gasteiger partial charge in [-0.15, -0.1) is 0 Å². The number of ether oxygens (including phenoxy) is 1. The van der Waals surface area contributed by atoms with Crippen LogP contribution in [0.25, 0.3) is 11.1 Å². The minimum atomic E-state index is -2.86. The summed E-state index contributed by atoms with van der Waals surface area (Å²) in [6, 6.07) is 9.79. The van der Waals surface area contributed by atoms with Gasteiger partial charge in [-0.05, 0) is 85.2 Å². The van der Waals surface area contributed by atoms with E-state index in [4.69, 9.17) is 4.74 Å². The zero-order valence-electron chi connectivity index (χ0n) is 21.2. The number of benzene rings is 2. The fraction of sp³-hybridized carbons (Fsp3) is 0.407. The molecule has 2 aromatic carbocycles. The summed E-state index contributed by atoms with van der Waals surface area (Å²) < 4.78 is 61.8. The van der Waals surface area contributed by atoms with Crippen LogP contribution < -0.4 is 5.32 Å². The number of rotatable bonds is 11. The average molecular weight is 647 g/mol. The maximum Gasteiger partial charge on any atom is 0.333 e. The first-order valence-corrected chi connectivity index (χ1v) is 13.1. The van der Waals surface area contributed by atoms with E-state index in [0.717, 1.165) is 33.7 Å². The number of aliphatic hydroxyl groups excluding tert-OH is 1. The van der Waals surface area contributed by atoms with Crippen LogP contribution in [0.4, 0.5) is 17.6 Å². The molecule has 0 saturated heterocycles. The lowest BCUT2D eigenvalue weighted by Gasteiger charge is -2.26. The van der Waals surface area contributed by atoms with E-state index in [2.05, 4.69) is 33.0 Å². The molecular weight excluding hydrogens is 617 g/mol. The van der Waals surface area contributed by atoms with Crippen LogP contribution in [0.15, 0.2) is 48.8 Å². The maximum absolute atomic E-state index is 14.7. The lowest BCUT2D eigenvalue weighted by Crippen LogP contribution is -2.36. The van der Waals surface area contributed by atoms with Gasteiger partial charge < -0.3 is 15.2 Å². The number of aliphatic hydroxyl groups is 1. The molecule has 2 N–H and O–H groups in total. The Morgan fingerprint density at radius 2 is 1.76 bits per heavy atom. The first-order valence-electron chi connectivity index (χ1n) is 12.0. The average Bonchev–Trinajstić information content (AvgIpc) is 3.31. The number of carbonyl (C=O) groups is 1. The van der Waals surface area contributed by atoms with Gasteiger partial charge in [0, 0.05) is 39.9 Å². The van der Waals surface area contributed by atoms with Gasteiger partial charge >= 0.3 is 12.5 Å². The van der Waals surface area contributed by atoms with Crippen LogP contribution in [-0.2, 0) is 22.5 Å². The summed E-state index contributed by atoms with van der Waals surface area (Å²) >= 11 is 2.19. The number of esters is 1. The number of nitrogens with one attached hydrogen (secondary N) is 1. The van der Waals surface area contributed by atoms with Gasteiger partial charge in [0.15, 0.2) is 0 Å². The highest BCUT2D eigenvalue weighted by atomic mass is 127. The van der Waals surface area contributed by atoms with E-state index < -0.39 is 41.8 Å². The third kappa shape index (κ3) is 8.77. The number of halogens is 5. The molecule has 0 saturated carbocycles. The highest BCUT2D eigenvalue weighted by Crippen LogP contribution is 2.26. The van der Waals surface area contributed by atoms with Crippen LogP contribution in [-0.4, -0.2) is 39.1 Å². The topological polar surface area (TPSA) is 76.4 Å². The van der Waals surface area contributed by atoms with Crippen LogP contribution in [0.1, 0.15) is 44.9 Å². The number of carbonyl (C=O) groups excluding carboxylic acids is 1. The van der Waals surface area contributed by atoms with E-state index in [1.54, 1.807) is 20.8 Å². The molecule has 1 aromatic heterocycles. The summed E-state index contributed by atoms with van der Waals surface area (Å²) in [5.74, 6) is -2.68. The molecule has 6 nitrogen and oxygen atoms in total. The quantitative estimate of drug-likeness (QED) is 0.155. The predicted octanol–water partition coefficient (Wildman–Crippen LogP) is 5.87. The molecule has 0 aliphatic heterocycles. The molecule has 2 atom stereocenters. The first-order chi connectivity index (χ1) is 17.8. The molecule has 3 aromatic rings. The van der Waals surface area contributed by atoms with Gasteiger partial charge in [-0.3, -0.25) is 4.79 Å². The number of alkyl halides is 2. The second kappa shape index (κ2) is 13.0. The van der Waals surface area contributed by atoms with E-state index in [1.807, 2.05) is 24.3 Å². The smallest absolute Gasteiger partial charge is 0.333 e. The van der Waals surface area contributed by atoms with Crippen molar-refractivity contribution in [2.24, 2.45) is 5.92 Å². The fourth-order valence-electron chi connectivity index (χ4n) is 3.91. The summed E-state index contributed by atoms with van der Waals surface area (Å²) in [5, 5.41) is 17.2. The van der Waals surface area contributed by atoms with E-state index in [9.17, 15) is 27.5 Å². The Labute approximate surface area is 232 Å². The molecule has 0 radical (unpaired) electrons. The van der Waals surface area contributed by atoms with Crippen molar-refractivity contribution in [1.29, 1.82) is 0 Å². The number of nitrogens with zero attached hydrogens (tertiary/aromatic N) is 2. The van der Waals surface area contributed by atoms with Crippen molar-refractivity contribution < 1.29 is 32.2 Å². The Kier molecular flexibility index (Phi) is 10.3. The van der Waals surface area contributed by atoms with Crippen molar-refractivity contribution >= 4 is 28.6 Å². The van der Waals surface area contributed by atoms with Gasteiger partial charge in [0.25, 0.3) is 0 Å². The van der Waals surface area contributed by atoms with Gasteiger partial charge in [0.1, 0.15) is 17.2 Å². The van der Waals surface area contributed by atoms with Gasteiger partial charge in [0.2, 0.25) is 0 Å². The molecule has 3 rings (SSSR count). The van der Waals surface area contributed by atoms with Crippen LogP contribution >= 0.6 is 22.6 Å². The minimum Gasteiger partial charge on any atom is -0.460 e. The number of hydrogen-bond donors (Lipinski definition) is 2. The molecule has 11 heteroatoms. The van der Waals surface area contributed by atoms with Gasteiger partial charge in [-0.1, -0.05) is 12.1 Å². The fourth-order valence-corrected chi connectivity index (χ4v) is 4.27. The Morgan fingerprint density at radius 1 is 1.13 bits per heavy atom. The molecule has 1 heterocycles. The normalized spacial score (nSPS) is 13.5. The highest BCUT2D eigenvalue weighted by Gasteiger charge is 2.26. The Bertz CT molecular complexity index is 1210. The summed E-state index contributed by atoms with van der Waals surface area (Å²) in [6.45, 7) is 2.16. The lowest BCUT2D eigenvalue weighted by atomic mass is 9.90. The van der Waals surface area contributed by atoms with Gasteiger partial charge in [-0.2, -0.15) is 13.9 Å². The maximum atomic E-state index is 14.7. The minimum absolute atomic E-state index is 0.0282. The molecular formula is C27H30F4IN3O3. The van der Waals surface area contributed by atoms with Crippen LogP contribution in [0, 0.1) is 21.1 Å². The predicted molar refractivity (Wildman–Crippen MR) is 143 cm³/mol. The standard InChI is InChI=1S/C27H30F4IN3O3/c1-27(2,3)38-25(37)11-18(8-16-4-6-20(32)7-5-16)24(36)14-33-13-21-22(28)9-17(10-23(21)29)19-12-34-35(15-19)26(30)31/h4-7,9-10,12,15,18,24,26,33,36H,8,11,13-14H2,1-3H3/t18-,24+/m1/s1. The zero-order valence-corrected chi connectivity index (χ0v) is 23.4. The molecule has 0 fully saturated rings. The molecule has 0 bridgehead atoms. The second-order valence-corrected chi connectivity index (χ2v) is 11.2. The van der Waals surface area contributed by atoms with E-state index >= 15 is 0 Å². The van der Waals surface area contributed by atoms with Crippen LogP contribution in [0.3, 0.4) is 0 Å². The van der Waals surface area contributed by atoms with E-state index in [-0.39, 0.29) is 36.2 Å². The van der Waals surface area contributed by atoms with Crippen molar-refractivity contribution in [2.75, 3.05) is 6.54 Å². The Balaban J connectivity index is 1.67. The van der Waals surface area contributed by atoms with Gasteiger partial charge in [-0.25, -0.2) is 13.5 Å². The Hall–Kier alpha value is -2.51. The molecule has 0 spiro atoms. The first kappa shape index (κ1) is 30.0. The zero-order chi connectivity index (χ0) is 28.0. The second-order valence-electron chi connectivity index (χ2n) is 9.98. The monoisotopic (exact) mass is 647 g/mol. The van der Waals surface area contributed by atoms with Crippen molar-refractivity contribution in [1.82, 2.24) is 15.1 Å². The largest absolute Gasteiger partial charge is 0.460 e. The molecule has 206 valence electrons. The van der Waals surface area contributed by atoms with Crippen molar-refractivity contribution in [3.63, 3.8) is 0 Å². The molecule has 0 aliphatic rings. The van der Waals surface area contributed by atoms with Crippen molar-refractivity contribution in [3.05, 3.63) is 75.1 Å². The summed E-state index contributed by atoms with van der Waals surface area (Å²) in [4.78, 5) is 12.5. The molecule has 0 unspecified atom stereocenters. The third-order valence-corrected chi connectivity index (χ3v) is 6.45. The third-order valence-electron chi connectivity index (χ3n) is 5.74. The molecule has 0 aliphatic carbocycles. The van der Waals surface area contributed by atoms with Crippen LogP contribution in [0.2, 0.25) is 0 Å². The Morgan fingerprint density at radius 3 is 2.32 bits per heavy atom. The van der Waals surface area contributed by atoms with Crippen molar-refractivity contribution in [3.8, 4) is 11.1 Å². The van der Waals surface area contributed by atoms with Crippen LogP contribution in [0.5, 0.6) is 0 Å².